The molecule has 2 aliphatic rings. The summed E-state index contributed by atoms with van der Waals surface area (Å²) in [5, 5.41) is 2.57. The molecule has 1 saturated heterocycles. The number of H-pyrrole nitrogens is 1. The maximum atomic E-state index is 4.96. The van der Waals surface area contributed by atoms with Crippen molar-refractivity contribution < 1.29 is 0 Å². The molecular formula is C20H24N4S. The monoisotopic (exact) mass is 352 g/mol. The number of benzene rings is 1. The van der Waals surface area contributed by atoms with E-state index in [9.17, 15) is 0 Å². The normalized spacial score (nSPS) is 18.6. The Bertz CT molecular complexity index is 875. The minimum absolute atomic E-state index is 1.03. The molecule has 0 saturated carbocycles. The summed E-state index contributed by atoms with van der Waals surface area (Å²) in [4.78, 5) is 14.8. The number of nitrogens with one attached hydrogen (secondary N) is 1. The van der Waals surface area contributed by atoms with Crippen molar-refractivity contribution >= 4 is 27.4 Å². The van der Waals surface area contributed by atoms with Crippen molar-refractivity contribution in [2.75, 3.05) is 24.5 Å². The number of hydrogen-bond donors (Lipinski definition) is 1. The van der Waals surface area contributed by atoms with Crippen molar-refractivity contribution in [3.63, 3.8) is 0 Å². The number of anilines is 1. The standard InChI is InChI=1S/C20H24N4S/c1-2-9-24(10-3-1)20-22-18-7-11-23(14-19(18)25-20)13-15-4-5-17-16(12-15)6-8-21-17/h4-6,8,12,21H,1-3,7,9-11,13-14H2. The van der Waals surface area contributed by atoms with Gasteiger partial charge in [-0.3, -0.25) is 4.90 Å². The molecule has 25 heavy (non-hydrogen) atoms. The second-order valence-corrected chi connectivity index (χ2v) is 8.34. The lowest BCUT2D eigenvalue weighted by Crippen LogP contribution is -2.29. The van der Waals surface area contributed by atoms with E-state index in [0.717, 1.165) is 26.1 Å². The summed E-state index contributed by atoms with van der Waals surface area (Å²) in [5.41, 5.74) is 3.97. The number of aromatic amines is 1. The lowest BCUT2D eigenvalue weighted by atomic mass is 10.1. The van der Waals surface area contributed by atoms with Crippen molar-refractivity contribution in [2.45, 2.75) is 38.8 Å². The molecule has 1 fully saturated rings. The van der Waals surface area contributed by atoms with Gasteiger partial charge in [0.25, 0.3) is 0 Å². The van der Waals surface area contributed by atoms with E-state index in [1.165, 1.54) is 64.5 Å². The van der Waals surface area contributed by atoms with Crippen LogP contribution in [0.25, 0.3) is 10.9 Å². The fourth-order valence-electron chi connectivity index (χ4n) is 4.05. The number of aromatic nitrogens is 2. The molecule has 2 aromatic heterocycles. The first-order chi connectivity index (χ1) is 12.3. The average Bonchev–Trinajstić information content (AvgIpc) is 3.28. The number of fused-ring (bicyclic) bond motifs is 2. The molecule has 0 spiro atoms. The lowest BCUT2D eigenvalue weighted by Gasteiger charge is -2.26. The quantitative estimate of drug-likeness (QED) is 0.768. The van der Waals surface area contributed by atoms with Gasteiger partial charge in [-0.25, -0.2) is 4.98 Å². The summed E-state index contributed by atoms with van der Waals surface area (Å²) in [7, 11) is 0. The maximum absolute atomic E-state index is 4.96. The van der Waals surface area contributed by atoms with Crippen LogP contribution in [0.1, 0.15) is 35.4 Å². The summed E-state index contributed by atoms with van der Waals surface area (Å²) in [5.74, 6) is 0. The summed E-state index contributed by atoms with van der Waals surface area (Å²) >= 11 is 1.93. The number of hydrogen-bond acceptors (Lipinski definition) is 4. The molecule has 0 radical (unpaired) electrons. The van der Waals surface area contributed by atoms with Crippen LogP contribution in [-0.4, -0.2) is 34.5 Å². The van der Waals surface area contributed by atoms with Crippen LogP contribution in [-0.2, 0) is 19.5 Å². The van der Waals surface area contributed by atoms with Crippen LogP contribution >= 0.6 is 11.3 Å². The largest absolute Gasteiger partial charge is 0.361 e. The highest BCUT2D eigenvalue weighted by Crippen LogP contribution is 2.32. The molecule has 0 unspecified atom stereocenters. The lowest BCUT2D eigenvalue weighted by molar-refractivity contribution is 0.247. The molecule has 2 aliphatic heterocycles. The summed E-state index contributed by atoms with van der Waals surface area (Å²) in [6, 6.07) is 8.91. The van der Waals surface area contributed by atoms with E-state index in [-0.39, 0.29) is 0 Å². The Hall–Kier alpha value is -1.85. The zero-order valence-corrected chi connectivity index (χ0v) is 15.3. The minimum Gasteiger partial charge on any atom is -0.361 e. The van der Waals surface area contributed by atoms with Crippen LogP contribution in [0.5, 0.6) is 0 Å². The van der Waals surface area contributed by atoms with Gasteiger partial charge in [0.15, 0.2) is 5.13 Å². The van der Waals surface area contributed by atoms with Crippen molar-refractivity contribution in [1.82, 2.24) is 14.9 Å². The van der Waals surface area contributed by atoms with E-state index in [4.69, 9.17) is 4.98 Å². The Balaban J connectivity index is 1.30. The van der Waals surface area contributed by atoms with E-state index in [2.05, 4.69) is 39.0 Å². The predicted octanol–water partition coefficient (Wildman–Crippen LogP) is 4.17. The van der Waals surface area contributed by atoms with Gasteiger partial charge in [0.05, 0.1) is 5.69 Å². The van der Waals surface area contributed by atoms with Crippen molar-refractivity contribution in [2.24, 2.45) is 0 Å². The van der Waals surface area contributed by atoms with Crippen LogP contribution in [0.15, 0.2) is 30.5 Å². The van der Waals surface area contributed by atoms with Gasteiger partial charge in [-0.05, 0) is 48.4 Å². The first kappa shape index (κ1) is 15.4. The third-order valence-electron chi connectivity index (χ3n) is 5.45. The smallest absolute Gasteiger partial charge is 0.185 e. The van der Waals surface area contributed by atoms with E-state index < -0.39 is 0 Å². The molecule has 0 aliphatic carbocycles. The molecule has 5 rings (SSSR count). The van der Waals surface area contributed by atoms with Crippen molar-refractivity contribution in [3.8, 4) is 0 Å². The van der Waals surface area contributed by atoms with Gasteiger partial charge >= 0.3 is 0 Å². The van der Waals surface area contributed by atoms with Gasteiger partial charge in [-0.2, -0.15) is 0 Å². The molecule has 3 aromatic rings. The fraction of sp³-hybridized carbons (Fsp3) is 0.450. The second kappa shape index (κ2) is 6.46. The van der Waals surface area contributed by atoms with Gasteiger partial charge in [-0.1, -0.05) is 6.07 Å². The Morgan fingerprint density at radius 1 is 1.08 bits per heavy atom. The SMILES string of the molecule is c1cc2cc(CN3CCc4nc(N5CCCCC5)sc4C3)ccc2[nH]1. The Labute approximate surface area is 152 Å². The summed E-state index contributed by atoms with van der Waals surface area (Å²) in [6.45, 7) is 5.56. The maximum Gasteiger partial charge on any atom is 0.185 e. The van der Waals surface area contributed by atoms with Gasteiger partial charge in [-0.15, -0.1) is 11.3 Å². The van der Waals surface area contributed by atoms with Gasteiger partial charge in [0.2, 0.25) is 0 Å². The summed E-state index contributed by atoms with van der Waals surface area (Å²) < 4.78 is 0. The molecule has 0 amide bonds. The average molecular weight is 353 g/mol. The third kappa shape index (κ3) is 3.07. The van der Waals surface area contributed by atoms with Crippen LogP contribution in [0.3, 0.4) is 0 Å². The number of thiazole rings is 1. The minimum atomic E-state index is 1.03. The highest BCUT2D eigenvalue weighted by molar-refractivity contribution is 7.15. The van der Waals surface area contributed by atoms with Crippen molar-refractivity contribution in [3.05, 3.63) is 46.6 Å². The number of nitrogens with zero attached hydrogens (tertiary/aromatic N) is 3. The van der Waals surface area contributed by atoms with E-state index in [0.29, 0.717) is 0 Å². The van der Waals surface area contributed by atoms with Crippen LogP contribution in [0.2, 0.25) is 0 Å². The highest BCUT2D eigenvalue weighted by Gasteiger charge is 2.23. The fourth-order valence-corrected chi connectivity index (χ4v) is 5.25. The van der Waals surface area contributed by atoms with Crippen LogP contribution in [0.4, 0.5) is 5.13 Å². The second-order valence-electron chi connectivity index (χ2n) is 7.27. The zero-order valence-electron chi connectivity index (χ0n) is 14.5. The predicted molar refractivity (Wildman–Crippen MR) is 104 cm³/mol. The topological polar surface area (TPSA) is 35.2 Å². The van der Waals surface area contributed by atoms with Gasteiger partial charge < -0.3 is 9.88 Å². The molecule has 1 aromatic carbocycles. The highest BCUT2D eigenvalue weighted by atomic mass is 32.1. The number of rotatable bonds is 3. The first-order valence-corrected chi connectivity index (χ1v) is 10.2. The van der Waals surface area contributed by atoms with Crippen LogP contribution in [0, 0.1) is 0 Å². The summed E-state index contributed by atoms with van der Waals surface area (Å²) in [6.07, 6.45) is 7.12. The molecule has 5 heteroatoms. The Morgan fingerprint density at radius 2 is 2.00 bits per heavy atom. The van der Waals surface area contributed by atoms with Crippen molar-refractivity contribution in [1.29, 1.82) is 0 Å². The molecule has 1 N–H and O–H groups in total. The van der Waals surface area contributed by atoms with E-state index in [1.807, 2.05) is 17.5 Å². The zero-order chi connectivity index (χ0) is 16.6. The van der Waals surface area contributed by atoms with E-state index in [1.54, 1.807) is 0 Å². The molecular weight excluding hydrogens is 328 g/mol. The number of piperidine rings is 1. The molecule has 0 bridgehead atoms. The first-order valence-electron chi connectivity index (χ1n) is 9.37. The Morgan fingerprint density at radius 3 is 2.92 bits per heavy atom. The molecule has 4 nitrogen and oxygen atoms in total. The molecule has 0 atom stereocenters. The van der Waals surface area contributed by atoms with Gasteiger partial charge in [0.1, 0.15) is 0 Å². The third-order valence-corrected chi connectivity index (χ3v) is 6.59. The molecule has 4 heterocycles. The van der Waals surface area contributed by atoms with Gasteiger partial charge in [0, 0.05) is 55.7 Å². The van der Waals surface area contributed by atoms with E-state index >= 15 is 0 Å². The van der Waals surface area contributed by atoms with Crippen LogP contribution < -0.4 is 4.90 Å². The Kier molecular flexibility index (Phi) is 3.98. The molecule has 130 valence electrons.